The molecule has 0 aliphatic heterocycles. The van der Waals surface area contributed by atoms with Crippen LogP contribution in [-0.2, 0) is 0 Å². The van der Waals surface area contributed by atoms with Gasteiger partial charge < -0.3 is 21.3 Å². The summed E-state index contributed by atoms with van der Waals surface area (Å²) in [6, 6.07) is -0.279. The van der Waals surface area contributed by atoms with Gasteiger partial charge in [-0.15, -0.1) is 0 Å². The Bertz CT molecular complexity index is 187. The van der Waals surface area contributed by atoms with Crippen molar-refractivity contribution < 1.29 is 9.59 Å². The summed E-state index contributed by atoms with van der Waals surface area (Å²) in [4.78, 5) is 21.9. The summed E-state index contributed by atoms with van der Waals surface area (Å²) in [5, 5.41) is 10.7. The smallest absolute Gasteiger partial charge is 0.314 e. The number of unbranched alkanes of at least 4 members (excludes halogenated alkanes) is 1. The van der Waals surface area contributed by atoms with Crippen LogP contribution >= 0.6 is 0 Å². The van der Waals surface area contributed by atoms with Crippen LogP contribution in [0.2, 0.25) is 0 Å². The van der Waals surface area contributed by atoms with Gasteiger partial charge in [-0.25, -0.2) is 9.59 Å². The maximum atomic E-state index is 11.0. The second-order valence-corrected chi connectivity index (χ2v) is 3.28. The van der Waals surface area contributed by atoms with E-state index in [4.69, 9.17) is 0 Å². The maximum Gasteiger partial charge on any atom is 0.314 e. The summed E-state index contributed by atoms with van der Waals surface area (Å²) in [6.45, 7) is 6.26. The molecule has 16 heavy (non-hydrogen) atoms. The van der Waals surface area contributed by atoms with Crippen molar-refractivity contribution in [3.05, 3.63) is 0 Å². The van der Waals surface area contributed by atoms with Crippen molar-refractivity contribution in [2.75, 3.05) is 26.2 Å². The minimum absolute atomic E-state index is 0.140. The average molecular weight is 230 g/mol. The molecule has 0 aliphatic carbocycles. The zero-order chi connectivity index (χ0) is 12.2. The molecule has 0 heterocycles. The lowest BCUT2D eigenvalue weighted by Gasteiger charge is -2.07. The van der Waals surface area contributed by atoms with Crippen LogP contribution in [0.15, 0.2) is 0 Å². The molecule has 0 saturated carbocycles. The van der Waals surface area contributed by atoms with Crippen molar-refractivity contribution in [1.82, 2.24) is 21.3 Å². The molecule has 0 rings (SSSR count). The molecule has 0 aromatic carbocycles. The van der Waals surface area contributed by atoms with E-state index in [2.05, 4.69) is 21.3 Å². The SMILES string of the molecule is CCNC(=O)NCCCCNC(=O)NCC. The highest BCUT2D eigenvalue weighted by molar-refractivity contribution is 5.74. The third-order valence-corrected chi connectivity index (χ3v) is 1.85. The summed E-state index contributed by atoms with van der Waals surface area (Å²) in [5.74, 6) is 0. The minimum Gasteiger partial charge on any atom is -0.338 e. The summed E-state index contributed by atoms with van der Waals surface area (Å²) in [5.41, 5.74) is 0. The van der Waals surface area contributed by atoms with Gasteiger partial charge >= 0.3 is 12.1 Å². The highest BCUT2D eigenvalue weighted by Gasteiger charge is 1.98. The van der Waals surface area contributed by atoms with Crippen LogP contribution in [0.25, 0.3) is 0 Å². The van der Waals surface area contributed by atoms with Crippen LogP contribution < -0.4 is 21.3 Å². The van der Waals surface area contributed by atoms with E-state index in [0.717, 1.165) is 12.8 Å². The molecule has 0 saturated heterocycles. The predicted octanol–water partition coefficient (Wildman–Crippen LogP) is 0.405. The van der Waals surface area contributed by atoms with Crippen LogP contribution in [0, 0.1) is 0 Å². The van der Waals surface area contributed by atoms with Gasteiger partial charge in [-0.1, -0.05) is 0 Å². The van der Waals surface area contributed by atoms with Crippen molar-refractivity contribution >= 4 is 12.1 Å². The van der Waals surface area contributed by atoms with E-state index in [1.807, 2.05) is 13.8 Å². The average Bonchev–Trinajstić information content (AvgIpc) is 2.24. The Hall–Kier alpha value is -1.46. The number of nitrogens with one attached hydrogen (secondary N) is 4. The molecule has 6 nitrogen and oxygen atoms in total. The summed E-state index contributed by atoms with van der Waals surface area (Å²) < 4.78 is 0. The summed E-state index contributed by atoms with van der Waals surface area (Å²) >= 11 is 0. The topological polar surface area (TPSA) is 82.3 Å². The van der Waals surface area contributed by atoms with Crippen molar-refractivity contribution in [3.8, 4) is 0 Å². The van der Waals surface area contributed by atoms with Gasteiger partial charge in [-0.3, -0.25) is 0 Å². The third-order valence-electron chi connectivity index (χ3n) is 1.85. The molecule has 0 aliphatic rings. The molecule has 0 aromatic rings. The Balaban J connectivity index is 3.21. The van der Waals surface area contributed by atoms with E-state index in [9.17, 15) is 9.59 Å². The molecule has 0 spiro atoms. The van der Waals surface area contributed by atoms with Crippen LogP contribution in [0.4, 0.5) is 9.59 Å². The zero-order valence-corrected chi connectivity index (χ0v) is 10.1. The van der Waals surface area contributed by atoms with E-state index in [1.54, 1.807) is 0 Å². The highest BCUT2D eigenvalue weighted by atomic mass is 16.2. The first-order valence-corrected chi connectivity index (χ1v) is 5.74. The first-order chi connectivity index (χ1) is 7.70. The molecule has 0 radical (unpaired) electrons. The van der Waals surface area contributed by atoms with E-state index < -0.39 is 0 Å². The van der Waals surface area contributed by atoms with Crippen molar-refractivity contribution in [3.63, 3.8) is 0 Å². The zero-order valence-electron chi connectivity index (χ0n) is 10.1. The van der Waals surface area contributed by atoms with E-state index in [0.29, 0.717) is 26.2 Å². The van der Waals surface area contributed by atoms with Crippen LogP contribution in [0.3, 0.4) is 0 Å². The van der Waals surface area contributed by atoms with Gasteiger partial charge in [0.25, 0.3) is 0 Å². The molecule has 4 N–H and O–H groups in total. The second kappa shape index (κ2) is 10.1. The molecule has 94 valence electrons. The number of carbonyl (C=O) groups is 2. The lowest BCUT2D eigenvalue weighted by Crippen LogP contribution is -2.37. The fourth-order valence-corrected chi connectivity index (χ4v) is 1.10. The van der Waals surface area contributed by atoms with E-state index >= 15 is 0 Å². The number of hydrogen-bond acceptors (Lipinski definition) is 2. The standard InChI is InChI=1S/C10H22N4O2/c1-3-11-9(15)13-7-5-6-8-14-10(16)12-4-2/h3-8H2,1-2H3,(H2,11,13,15)(H2,12,14,16). The number of carbonyl (C=O) groups excluding carboxylic acids is 2. The van der Waals surface area contributed by atoms with Crippen molar-refractivity contribution in [1.29, 1.82) is 0 Å². The predicted molar refractivity (Wildman–Crippen MR) is 63.4 cm³/mol. The number of rotatable bonds is 7. The van der Waals surface area contributed by atoms with Crippen molar-refractivity contribution in [2.24, 2.45) is 0 Å². The summed E-state index contributed by atoms with van der Waals surface area (Å²) in [6.07, 6.45) is 1.70. The number of amides is 4. The fourth-order valence-electron chi connectivity index (χ4n) is 1.10. The van der Waals surface area contributed by atoms with Gasteiger partial charge in [0.05, 0.1) is 0 Å². The Morgan fingerprint density at radius 1 is 0.750 bits per heavy atom. The van der Waals surface area contributed by atoms with Gasteiger partial charge in [0, 0.05) is 26.2 Å². The molecular weight excluding hydrogens is 208 g/mol. The minimum atomic E-state index is -0.140. The van der Waals surface area contributed by atoms with Crippen LogP contribution in [0.1, 0.15) is 26.7 Å². The second-order valence-electron chi connectivity index (χ2n) is 3.28. The molecule has 0 unspecified atom stereocenters. The Labute approximate surface area is 96.5 Å². The number of hydrogen-bond donors (Lipinski definition) is 4. The molecule has 0 atom stereocenters. The van der Waals surface area contributed by atoms with Gasteiger partial charge in [-0.05, 0) is 26.7 Å². The van der Waals surface area contributed by atoms with Crippen LogP contribution in [-0.4, -0.2) is 38.2 Å². The normalized spacial score (nSPS) is 9.38. The molecular formula is C10H22N4O2. The fraction of sp³-hybridized carbons (Fsp3) is 0.800. The summed E-state index contributed by atoms with van der Waals surface area (Å²) in [7, 11) is 0. The molecule has 0 fully saturated rings. The quantitative estimate of drug-likeness (QED) is 0.478. The Morgan fingerprint density at radius 3 is 1.44 bits per heavy atom. The first kappa shape index (κ1) is 14.5. The lowest BCUT2D eigenvalue weighted by atomic mass is 10.3. The molecule has 4 amide bonds. The van der Waals surface area contributed by atoms with Gasteiger partial charge in [-0.2, -0.15) is 0 Å². The third kappa shape index (κ3) is 9.11. The molecule has 0 bridgehead atoms. The first-order valence-electron chi connectivity index (χ1n) is 5.74. The van der Waals surface area contributed by atoms with Crippen LogP contribution in [0.5, 0.6) is 0 Å². The van der Waals surface area contributed by atoms with Gasteiger partial charge in [0.1, 0.15) is 0 Å². The highest BCUT2D eigenvalue weighted by Crippen LogP contribution is 1.84. The van der Waals surface area contributed by atoms with Crippen molar-refractivity contribution in [2.45, 2.75) is 26.7 Å². The molecule has 0 aromatic heterocycles. The Morgan fingerprint density at radius 2 is 1.12 bits per heavy atom. The monoisotopic (exact) mass is 230 g/mol. The van der Waals surface area contributed by atoms with E-state index in [1.165, 1.54) is 0 Å². The molecule has 6 heteroatoms. The Kier molecular flexibility index (Phi) is 9.15. The van der Waals surface area contributed by atoms with Gasteiger partial charge in [0.15, 0.2) is 0 Å². The lowest BCUT2D eigenvalue weighted by molar-refractivity contribution is 0.239. The van der Waals surface area contributed by atoms with Gasteiger partial charge in [0.2, 0.25) is 0 Å². The number of urea groups is 2. The largest absolute Gasteiger partial charge is 0.338 e. The van der Waals surface area contributed by atoms with E-state index in [-0.39, 0.29) is 12.1 Å². The maximum absolute atomic E-state index is 11.0.